The number of benzene rings is 1. The van der Waals surface area contributed by atoms with Crippen molar-refractivity contribution in [3.8, 4) is 5.75 Å². The van der Waals surface area contributed by atoms with E-state index in [1.165, 1.54) is 19.2 Å². The van der Waals surface area contributed by atoms with Gasteiger partial charge in [-0.15, -0.1) is 0 Å². The van der Waals surface area contributed by atoms with Crippen LogP contribution < -0.4 is 25.8 Å². The summed E-state index contributed by atoms with van der Waals surface area (Å²) in [6, 6.07) is 4.38. The number of sulfonamides is 1. The first kappa shape index (κ1) is 21.6. The zero-order valence-corrected chi connectivity index (χ0v) is 15.4. The van der Waals surface area contributed by atoms with Crippen molar-refractivity contribution in [2.45, 2.75) is 6.18 Å². The lowest BCUT2D eigenvalue weighted by Gasteiger charge is -2.20. The molecule has 0 saturated carbocycles. The van der Waals surface area contributed by atoms with E-state index >= 15 is 0 Å². The summed E-state index contributed by atoms with van der Waals surface area (Å²) < 4.78 is 83.0. The lowest BCUT2D eigenvalue weighted by atomic mass is 9.96. The number of nitrogens with zero attached hydrogens (tertiary/aromatic N) is 1. The largest absolute Gasteiger partial charge is 0.494 e. The Balaban J connectivity index is 2.60. The van der Waals surface area contributed by atoms with Gasteiger partial charge in [0.05, 0.1) is 12.8 Å². The molecule has 2 N–H and O–H groups in total. The third-order valence-electron chi connectivity index (χ3n) is 3.48. The van der Waals surface area contributed by atoms with Crippen LogP contribution in [0.3, 0.4) is 0 Å². The fourth-order valence-corrected chi connectivity index (χ4v) is 3.26. The van der Waals surface area contributed by atoms with Gasteiger partial charge in [-0.3, -0.25) is 14.1 Å². The van der Waals surface area contributed by atoms with Crippen molar-refractivity contribution in [2.75, 3.05) is 22.9 Å². The maximum Gasteiger partial charge on any atom is 0.404 e. The number of anilines is 3. The molecule has 0 unspecified atom stereocenters. The third kappa shape index (κ3) is 5.18. The summed E-state index contributed by atoms with van der Waals surface area (Å²) in [5, 5.41) is 2.48. The smallest absolute Gasteiger partial charge is 0.404 e. The second-order valence-electron chi connectivity index (χ2n) is 5.67. The molecule has 0 fully saturated rings. The molecular formula is C15H14BF4N3O4S. The normalized spacial score (nSPS) is 11.9. The molecule has 0 saturated heterocycles. The number of halogens is 4. The fourth-order valence-electron chi connectivity index (χ4n) is 2.25. The van der Waals surface area contributed by atoms with Crippen LogP contribution in [0.1, 0.15) is 0 Å². The molecule has 0 bridgehead atoms. The first-order valence-electron chi connectivity index (χ1n) is 7.50. The van der Waals surface area contributed by atoms with E-state index in [9.17, 15) is 30.8 Å². The van der Waals surface area contributed by atoms with Crippen molar-refractivity contribution in [3.63, 3.8) is 0 Å². The van der Waals surface area contributed by atoms with E-state index in [0.717, 1.165) is 23.8 Å². The molecule has 2 aromatic rings. The number of aromatic nitrogens is 1. The van der Waals surface area contributed by atoms with E-state index < -0.39 is 39.0 Å². The van der Waals surface area contributed by atoms with Gasteiger partial charge in [0.15, 0.2) is 11.5 Å². The number of pyridine rings is 1. The third-order valence-corrected chi connectivity index (χ3v) is 4.70. The molecule has 7 nitrogen and oxygen atoms in total. The van der Waals surface area contributed by atoms with Gasteiger partial charge in [-0.25, -0.2) is 12.8 Å². The van der Waals surface area contributed by atoms with Crippen LogP contribution in [0.4, 0.5) is 34.8 Å². The highest BCUT2D eigenvalue weighted by Crippen LogP contribution is 2.34. The van der Waals surface area contributed by atoms with Crippen LogP contribution in [0.2, 0.25) is 0 Å². The Kier molecular flexibility index (Phi) is 5.97. The average Bonchev–Trinajstić information content (AvgIpc) is 2.53. The minimum atomic E-state index is -5.00. The summed E-state index contributed by atoms with van der Waals surface area (Å²) >= 11 is 0. The van der Waals surface area contributed by atoms with E-state index in [-0.39, 0.29) is 22.7 Å². The SMILES string of the molecule is [B]c1ccc(Nc2c(NS(=O)(=O)CC(F)(F)F)c(OC)cc(=O)n2C)c(F)c1. The molecule has 0 aliphatic rings. The van der Waals surface area contributed by atoms with Gasteiger partial charge in [0.1, 0.15) is 25.2 Å². The van der Waals surface area contributed by atoms with Crippen LogP contribution in [0.5, 0.6) is 5.75 Å². The molecule has 2 rings (SSSR count). The summed E-state index contributed by atoms with van der Waals surface area (Å²) in [4.78, 5) is 12.1. The van der Waals surface area contributed by atoms with Gasteiger partial charge in [0.25, 0.3) is 5.56 Å². The standard InChI is InChI=1S/C15H14BF4N3O4S/c1-23-12(24)6-11(27-2)13(22-28(25,26)7-15(18,19)20)14(23)21-10-4-3-8(16)5-9(10)17/h3-6,21-22H,7H2,1-2H3. The van der Waals surface area contributed by atoms with Crippen LogP contribution >= 0.6 is 0 Å². The predicted octanol–water partition coefficient (Wildman–Crippen LogP) is 1.37. The highest BCUT2D eigenvalue weighted by atomic mass is 32.2. The number of alkyl halides is 3. The van der Waals surface area contributed by atoms with E-state index in [1.807, 2.05) is 0 Å². The summed E-state index contributed by atoms with van der Waals surface area (Å²) in [6.45, 7) is 0. The minimum Gasteiger partial charge on any atom is -0.494 e. The zero-order chi connectivity index (χ0) is 21.3. The van der Waals surface area contributed by atoms with E-state index in [1.54, 1.807) is 4.72 Å². The molecule has 2 radical (unpaired) electrons. The van der Waals surface area contributed by atoms with Gasteiger partial charge < -0.3 is 10.1 Å². The van der Waals surface area contributed by atoms with Crippen LogP contribution in [0.25, 0.3) is 0 Å². The van der Waals surface area contributed by atoms with Crippen LogP contribution in [-0.2, 0) is 17.1 Å². The van der Waals surface area contributed by atoms with Crippen molar-refractivity contribution in [1.82, 2.24) is 4.57 Å². The minimum absolute atomic E-state index is 0.105. The van der Waals surface area contributed by atoms with Gasteiger partial charge in [-0.2, -0.15) is 13.2 Å². The summed E-state index contributed by atoms with van der Waals surface area (Å²) in [7, 11) is 2.84. The Bertz CT molecular complexity index is 1050. The Labute approximate surface area is 158 Å². The Morgan fingerprint density at radius 3 is 2.43 bits per heavy atom. The van der Waals surface area contributed by atoms with E-state index in [0.29, 0.717) is 0 Å². The second-order valence-corrected chi connectivity index (χ2v) is 7.40. The lowest BCUT2D eigenvalue weighted by Crippen LogP contribution is -2.29. The first-order valence-corrected chi connectivity index (χ1v) is 9.15. The summed E-state index contributed by atoms with van der Waals surface area (Å²) in [5.41, 5.74) is -1.28. The molecule has 150 valence electrons. The van der Waals surface area contributed by atoms with Crippen molar-refractivity contribution in [3.05, 3.63) is 40.4 Å². The molecule has 28 heavy (non-hydrogen) atoms. The molecule has 0 aliphatic carbocycles. The topological polar surface area (TPSA) is 89.4 Å². The molecule has 1 aromatic carbocycles. The Morgan fingerprint density at radius 1 is 1.25 bits per heavy atom. The van der Waals surface area contributed by atoms with Gasteiger partial charge in [-0.05, 0) is 12.1 Å². The second kappa shape index (κ2) is 7.74. The number of nitrogens with one attached hydrogen (secondary N) is 2. The van der Waals surface area contributed by atoms with Crippen LogP contribution in [0, 0.1) is 5.82 Å². The van der Waals surface area contributed by atoms with Crippen molar-refractivity contribution in [1.29, 1.82) is 0 Å². The maximum atomic E-state index is 14.1. The highest BCUT2D eigenvalue weighted by Gasteiger charge is 2.36. The number of ether oxygens (including phenoxy) is 1. The summed E-state index contributed by atoms with van der Waals surface area (Å²) in [6.07, 6.45) is -5.00. The monoisotopic (exact) mass is 419 g/mol. The molecule has 1 aromatic heterocycles. The molecule has 1 heterocycles. The van der Waals surface area contributed by atoms with Crippen LogP contribution in [0.15, 0.2) is 29.1 Å². The number of hydrogen-bond acceptors (Lipinski definition) is 5. The molecule has 13 heteroatoms. The maximum absolute atomic E-state index is 14.1. The van der Waals surface area contributed by atoms with E-state index in [2.05, 4.69) is 5.32 Å². The number of rotatable bonds is 6. The predicted molar refractivity (Wildman–Crippen MR) is 96.8 cm³/mol. The van der Waals surface area contributed by atoms with Crippen molar-refractivity contribution >= 4 is 40.5 Å². The van der Waals surface area contributed by atoms with Crippen molar-refractivity contribution < 1.29 is 30.7 Å². The Hall–Kier alpha value is -2.70. The van der Waals surface area contributed by atoms with Gasteiger partial charge >= 0.3 is 6.18 Å². The first-order chi connectivity index (χ1) is 12.8. The molecule has 0 spiro atoms. The fraction of sp³-hybridized carbons (Fsp3) is 0.267. The Morgan fingerprint density at radius 2 is 1.89 bits per heavy atom. The van der Waals surface area contributed by atoms with Crippen molar-refractivity contribution in [2.24, 2.45) is 7.05 Å². The average molecular weight is 419 g/mol. The van der Waals surface area contributed by atoms with E-state index in [4.69, 9.17) is 12.6 Å². The van der Waals surface area contributed by atoms with Gasteiger partial charge in [0.2, 0.25) is 10.0 Å². The zero-order valence-electron chi connectivity index (χ0n) is 14.6. The lowest BCUT2D eigenvalue weighted by molar-refractivity contribution is -0.106. The number of hydrogen-bond donors (Lipinski definition) is 2. The number of methoxy groups -OCH3 is 1. The summed E-state index contributed by atoms with van der Waals surface area (Å²) in [5.74, 6) is -3.69. The highest BCUT2D eigenvalue weighted by molar-refractivity contribution is 7.92. The molecule has 0 atom stereocenters. The molecule has 0 aliphatic heterocycles. The van der Waals surface area contributed by atoms with Gasteiger partial charge in [0, 0.05) is 13.1 Å². The van der Waals surface area contributed by atoms with Gasteiger partial charge in [-0.1, -0.05) is 11.5 Å². The van der Waals surface area contributed by atoms with Crippen LogP contribution in [-0.4, -0.2) is 39.9 Å². The molecule has 0 amide bonds. The molecular weight excluding hydrogens is 405 g/mol. The quantitative estimate of drug-likeness (QED) is 0.546.